The van der Waals surface area contributed by atoms with E-state index >= 15 is 0 Å². The number of carbonyl (C=O) groups is 2. The summed E-state index contributed by atoms with van der Waals surface area (Å²) < 4.78 is 11.4. The lowest BCUT2D eigenvalue weighted by Crippen LogP contribution is -2.28. The van der Waals surface area contributed by atoms with Crippen LogP contribution < -0.4 is 15.5 Å². The summed E-state index contributed by atoms with van der Waals surface area (Å²) in [5, 5.41) is 6.58. The summed E-state index contributed by atoms with van der Waals surface area (Å²) in [6.45, 7) is 1.80. The molecule has 0 aliphatic rings. The third-order valence-electron chi connectivity index (χ3n) is 3.01. The van der Waals surface area contributed by atoms with E-state index in [1.807, 2.05) is 12.1 Å². The van der Waals surface area contributed by atoms with Crippen LogP contribution >= 0.6 is 15.9 Å². The number of nitrogens with zero attached hydrogens (tertiary/aromatic N) is 1. The van der Waals surface area contributed by atoms with Crippen molar-refractivity contribution in [1.82, 2.24) is 10.7 Å². The standard InChI is InChI=1S/C17H18BrN3O4/c1-12(9-16(22)19-10-15-3-2-8-24-15)20-21-17(23)11-25-14-6-4-13(18)5-7-14/h2-8H,9-11H2,1H3,(H,19,22)(H,21,23)/b20-12-. The van der Waals surface area contributed by atoms with Crippen LogP contribution in [-0.4, -0.2) is 24.1 Å². The minimum absolute atomic E-state index is 0.0779. The molecule has 0 atom stereocenters. The molecule has 0 spiro atoms. The molecule has 0 saturated heterocycles. The molecule has 0 aliphatic carbocycles. The lowest BCUT2D eigenvalue weighted by molar-refractivity contribution is -0.123. The van der Waals surface area contributed by atoms with Crippen LogP contribution in [0.5, 0.6) is 5.75 Å². The van der Waals surface area contributed by atoms with Crippen LogP contribution in [0.25, 0.3) is 0 Å². The molecule has 2 aromatic rings. The van der Waals surface area contributed by atoms with Crippen molar-refractivity contribution in [2.24, 2.45) is 5.10 Å². The molecule has 0 saturated carbocycles. The Kier molecular flexibility index (Phi) is 7.21. The minimum atomic E-state index is -0.404. The molecule has 0 fully saturated rings. The van der Waals surface area contributed by atoms with Gasteiger partial charge in [-0.2, -0.15) is 5.10 Å². The van der Waals surface area contributed by atoms with E-state index in [0.717, 1.165) is 4.47 Å². The highest BCUT2D eigenvalue weighted by Crippen LogP contribution is 2.15. The van der Waals surface area contributed by atoms with Crippen molar-refractivity contribution >= 4 is 33.5 Å². The molecule has 132 valence electrons. The number of furan rings is 1. The van der Waals surface area contributed by atoms with Gasteiger partial charge in [-0.25, -0.2) is 5.43 Å². The van der Waals surface area contributed by atoms with Gasteiger partial charge in [-0.05, 0) is 43.3 Å². The van der Waals surface area contributed by atoms with Crippen LogP contribution in [-0.2, 0) is 16.1 Å². The summed E-state index contributed by atoms with van der Waals surface area (Å²) in [5.74, 6) is 0.633. The molecular weight excluding hydrogens is 390 g/mol. The number of carbonyl (C=O) groups excluding carboxylic acids is 2. The second kappa shape index (κ2) is 9.63. The topological polar surface area (TPSA) is 92.9 Å². The van der Waals surface area contributed by atoms with Gasteiger partial charge >= 0.3 is 0 Å². The van der Waals surface area contributed by atoms with Gasteiger partial charge in [-0.1, -0.05) is 15.9 Å². The molecule has 0 radical (unpaired) electrons. The van der Waals surface area contributed by atoms with Crippen molar-refractivity contribution in [1.29, 1.82) is 0 Å². The fourth-order valence-electron chi connectivity index (χ4n) is 1.80. The van der Waals surface area contributed by atoms with Crippen molar-refractivity contribution in [3.8, 4) is 5.75 Å². The zero-order valence-electron chi connectivity index (χ0n) is 13.6. The summed E-state index contributed by atoms with van der Waals surface area (Å²) in [5.41, 5.74) is 2.84. The largest absolute Gasteiger partial charge is 0.484 e. The van der Waals surface area contributed by atoms with E-state index in [0.29, 0.717) is 23.8 Å². The van der Waals surface area contributed by atoms with Gasteiger partial charge in [-0.3, -0.25) is 9.59 Å². The Morgan fingerprint density at radius 2 is 1.96 bits per heavy atom. The first-order chi connectivity index (χ1) is 12.0. The maximum absolute atomic E-state index is 11.8. The average Bonchev–Trinajstić information content (AvgIpc) is 3.11. The summed E-state index contributed by atoms with van der Waals surface area (Å²) in [6, 6.07) is 10.6. The number of hydrazone groups is 1. The van der Waals surface area contributed by atoms with E-state index in [2.05, 4.69) is 31.8 Å². The number of hydrogen-bond donors (Lipinski definition) is 2. The highest BCUT2D eigenvalue weighted by atomic mass is 79.9. The third-order valence-corrected chi connectivity index (χ3v) is 3.54. The van der Waals surface area contributed by atoms with Crippen molar-refractivity contribution in [3.05, 3.63) is 52.9 Å². The smallest absolute Gasteiger partial charge is 0.277 e. The molecular formula is C17H18BrN3O4. The van der Waals surface area contributed by atoms with E-state index in [-0.39, 0.29) is 18.9 Å². The van der Waals surface area contributed by atoms with E-state index in [1.54, 1.807) is 37.5 Å². The van der Waals surface area contributed by atoms with Gasteiger partial charge < -0.3 is 14.5 Å². The fourth-order valence-corrected chi connectivity index (χ4v) is 2.07. The first kappa shape index (κ1) is 18.7. The first-order valence-electron chi connectivity index (χ1n) is 7.52. The number of halogens is 1. The molecule has 1 heterocycles. The molecule has 25 heavy (non-hydrogen) atoms. The van der Waals surface area contributed by atoms with Gasteiger partial charge in [0, 0.05) is 10.2 Å². The van der Waals surface area contributed by atoms with Crippen molar-refractivity contribution in [3.63, 3.8) is 0 Å². The molecule has 2 N–H and O–H groups in total. The third kappa shape index (κ3) is 7.21. The lowest BCUT2D eigenvalue weighted by atomic mass is 10.3. The van der Waals surface area contributed by atoms with Gasteiger partial charge in [0.2, 0.25) is 5.91 Å². The Morgan fingerprint density at radius 3 is 2.64 bits per heavy atom. The SMILES string of the molecule is C/C(CC(=O)NCc1ccco1)=N/NC(=O)COc1ccc(Br)cc1. The molecule has 1 aromatic heterocycles. The van der Waals surface area contributed by atoms with Crippen LogP contribution in [0.15, 0.2) is 56.7 Å². The Balaban J connectivity index is 1.67. The van der Waals surface area contributed by atoms with E-state index in [9.17, 15) is 9.59 Å². The number of ether oxygens (including phenoxy) is 1. The van der Waals surface area contributed by atoms with Gasteiger partial charge in [-0.15, -0.1) is 0 Å². The van der Waals surface area contributed by atoms with Gasteiger partial charge in [0.15, 0.2) is 6.61 Å². The van der Waals surface area contributed by atoms with Crippen LogP contribution in [0.3, 0.4) is 0 Å². The van der Waals surface area contributed by atoms with E-state index < -0.39 is 5.91 Å². The van der Waals surface area contributed by atoms with Crippen LogP contribution in [0, 0.1) is 0 Å². The first-order valence-corrected chi connectivity index (χ1v) is 8.31. The summed E-state index contributed by atoms with van der Waals surface area (Å²) in [6.07, 6.45) is 1.62. The van der Waals surface area contributed by atoms with Gasteiger partial charge in [0.25, 0.3) is 5.91 Å². The summed E-state index contributed by atoms with van der Waals surface area (Å²) >= 11 is 3.32. The Hall–Kier alpha value is -2.61. The van der Waals surface area contributed by atoms with Gasteiger partial charge in [0.1, 0.15) is 11.5 Å². The van der Waals surface area contributed by atoms with Crippen molar-refractivity contribution < 1.29 is 18.7 Å². The predicted octanol–water partition coefficient (Wildman–Crippen LogP) is 2.62. The van der Waals surface area contributed by atoms with Crippen LogP contribution in [0.4, 0.5) is 0 Å². The molecule has 0 aliphatic heterocycles. The molecule has 2 amide bonds. The van der Waals surface area contributed by atoms with E-state index in [4.69, 9.17) is 9.15 Å². The monoisotopic (exact) mass is 407 g/mol. The van der Waals surface area contributed by atoms with Gasteiger partial charge in [0.05, 0.1) is 19.2 Å². The minimum Gasteiger partial charge on any atom is -0.484 e. The maximum Gasteiger partial charge on any atom is 0.277 e. The maximum atomic E-state index is 11.8. The molecule has 2 rings (SSSR count). The molecule has 8 heteroatoms. The van der Waals surface area contributed by atoms with E-state index in [1.165, 1.54) is 0 Å². The van der Waals surface area contributed by atoms with Crippen LogP contribution in [0.1, 0.15) is 19.1 Å². The van der Waals surface area contributed by atoms with Crippen molar-refractivity contribution in [2.45, 2.75) is 19.9 Å². The normalized spacial score (nSPS) is 11.0. The second-order valence-corrected chi connectivity index (χ2v) is 6.07. The zero-order valence-corrected chi connectivity index (χ0v) is 15.2. The number of hydrogen-bond acceptors (Lipinski definition) is 5. The quantitative estimate of drug-likeness (QED) is 0.519. The predicted molar refractivity (Wildman–Crippen MR) is 96.1 cm³/mol. The Morgan fingerprint density at radius 1 is 1.20 bits per heavy atom. The zero-order chi connectivity index (χ0) is 18.1. The number of amides is 2. The van der Waals surface area contributed by atoms with Crippen molar-refractivity contribution in [2.75, 3.05) is 6.61 Å². The fraction of sp³-hybridized carbons (Fsp3) is 0.235. The van der Waals surface area contributed by atoms with Crippen LogP contribution in [0.2, 0.25) is 0 Å². The molecule has 0 bridgehead atoms. The highest BCUT2D eigenvalue weighted by molar-refractivity contribution is 9.10. The average molecular weight is 408 g/mol. The highest BCUT2D eigenvalue weighted by Gasteiger charge is 2.06. The molecule has 7 nitrogen and oxygen atoms in total. The molecule has 1 aromatic carbocycles. The Bertz CT molecular complexity index is 727. The number of nitrogens with one attached hydrogen (secondary N) is 2. The lowest BCUT2D eigenvalue weighted by Gasteiger charge is -2.06. The number of benzene rings is 1. The Labute approximate surface area is 153 Å². The summed E-state index contributed by atoms with van der Waals surface area (Å²) in [4.78, 5) is 23.4. The number of rotatable bonds is 8. The second-order valence-electron chi connectivity index (χ2n) is 5.16. The summed E-state index contributed by atoms with van der Waals surface area (Å²) in [7, 11) is 0. The molecule has 0 unspecified atom stereocenters.